The molecule has 1 aromatic rings. The van der Waals surface area contributed by atoms with Crippen molar-refractivity contribution in [3.05, 3.63) is 35.9 Å². The second-order valence-corrected chi connectivity index (χ2v) is 6.12. The Morgan fingerprint density at radius 1 is 0.950 bits per heavy atom. The van der Waals surface area contributed by atoms with Crippen LogP contribution < -0.4 is 0 Å². The molecule has 0 heterocycles. The summed E-state index contributed by atoms with van der Waals surface area (Å²) in [5.41, 5.74) is 1.47. The van der Waals surface area contributed by atoms with Gasteiger partial charge in [-0.25, -0.2) is 0 Å². The largest absolute Gasteiger partial charge is 0.304 e. The highest BCUT2D eigenvalue weighted by Crippen LogP contribution is 2.11. The topological polar surface area (TPSA) is 3.24 Å². The Labute approximate surface area is 126 Å². The van der Waals surface area contributed by atoms with Crippen LogP contribution in [0.3, 0.4) is 0 Å². The summed E-state index contributed by atoms with van der Waals surface area (Å²) in [5.74, 6) is 0. The summed E-state index contributed by atoms with van der Waals surface area (Å²) >= 11 is 0. The normalized spacial score (nSPS) is 12.8. The predicted octanol–water partition coefficient (Wildman–Crippen LogP) is 5.30. The van der Waals surface area contributed by atoms with Gasteiger partial charge in [0.25, 0.3) is 0 Å². The third kappa shape index (κ3) is 7.69. The lowest BCUT2D eigenvalue weighted by Gasteiger charge is -2.24. The van der Waals surface area contributed by atoms with E-state index in [2.05, 4.69) is 56.1 Å². The van der Waals surface area contributed by atoms with Gasteiger partial charge in [0.15, 0.2) is 0 Å². The van der Waals surface area contributed by atoms with Gasteiger partial charge in [-0.1, -0.05) is 62.9 Å². The highest BCUT2D eigenvalue weighted by molar-refractivity contribution is 5.14. The van der Waals surface area contributed by atoms with Gasteiger partial charge in [0, 0.05) is 6.04 Å². The van der Waals surface area contributed by atoms with E-state index >= 15 is 0 Å². The monoisotopic (exact) mass is 275 g/mol. The Morgan fingerprint density at radius 3 is 2.35 bits per heavy atom. The summed E-state index contributed by atoms with van der Waals surface area (Å²) in [6.45, 7) is 5.91. The zero-order valence-electron chi connectivity index (χ0n) is 13.8. The van der Waals surface area contributed by atoms with Crippen LogP contribution in [0.4, 0.5) is 0 Å². The van der Waals surface area contributed by atoms with Crippen LogP contribution in [0.5, 0.6) is 0 Å². The summed E-state index contributed by atoms with van der Waals surface area (Å²) in [7, 11) is 2.28. The number of unbranched alkanes of at least 4 members (excludes halogenated alkanes) is 4. The Kier molecular flexibility index (Phi) is 9.40. The maximum atomic E-state index is 2.54. The molecule has 0 aromatic heterocycles. The van der Waals surface area contributed by atoms with Crippen molar-refractivity contribution in [1.29, 1.82) is 0 Å². The van der Waals surface area contributed by atoms with Gasteiger partial charge < -0.3 is 4.90 Å². The molecule has 1 rings (SSSR count). The molecular weight excluding hydrogens is 242 g/mol. The van der Waals surface area contributed by atoms with E-state index in [1.165, 1.54) is 63.5 Å². The quantitative estimate of drug-likeness (QED) is 0.495. The molecule has 0 N–H and O–H groups in total. The molecule has 0 bridgehead atoms. The number of nitrogens with zero attached hydrogens (tertiary/aromatic N) is 1. The Bertz CT molecular complexity index is 320. The fourth-order valence-electron chi connectivity index (χ4n) is 2.65. The molecule has 20 heavy (non-hydrogen) atoms. The first-order valence-electron chi connectivity index (χ1n) is 8.48. The first kappa shape index (κ1) is 17.2. The van der Waals surface area contributed by atoms with Crippen LogP contribution in [-0.4, -0.2) is 24.5 Å². The molecular formula is C19H33N. The molecule has 0 fully saturated rings. The summed E-state index contributed by atoms with van der Waals surface area (Å²) in [4.78, 5) is 2.54. The van der Waals surface area contributed by atoms with Gasteiger partial charge in [0.2, 0.25) is 0 Å². The second kappa shape index (κ2) is 10.9. The van der Waals surface area contributed by atoms with Gasteiger partial charge >= 0.3 is 0 Å². The van der Waals surface area contributed by atoms with E-state index in [0.717, 1.165) is 0 Å². The Hall–Kier alpha value is -0.820. The Morgan fingerprint density at radius 2 is 1.65 bits per heavy atom. The number of hydrogen-bond donors (Lipinski definition) is 0. The summed E-state index contributed by atoms with van der Waals surface area (Å²) in [6.07, 6.45) is 10.7. The van der Waals surface area contributed by atoms with Crippen LogP contribution in [0.1, 0.15) is 64.4 Å². The zero-order valence-corrected chi connectivity index (χ0v) is 13.8. The fourth-order valence-corrected chi connectivity index (χ4v) is 2.65. The summed E-state index contributed by atoms with van der Waals surface area (Å²) < 4.78 is 0. The lowest BCUT2D eigenvalue weighted by atomic mass is 10.0. The van der Waals surface area contributed by atoms with Gasteiger partial charge in [-0.3, -0.25) is 0 Å². The zero-order chi connectivity index (χ0) is 14.6. The molecule has 0 spiro atoms. The van der Waals surface area contributed by atoms with Crippen molar-refractivity contribution < 1.29 is 0 Å². The molecule has 1 unspecified atom stereocenters. The molecule has 0 saturated carbocycles. The Balaban J connectivity index is 2.07. The maximum absolute atomic E-state index is 2.54. The minimum Gasteiger partial charge on any atom is -0.304 e. The SMILES string of the molecule is CCCCCCCN(C)C(C)CCCc1ccccc1. The summed E-state index contributed by atoms with van der Waals surface area (Å²) in [5, 5.41) is 0. The average Bonchev–Trinajstić information content (AvgIpc) is 2.47. The van der Waals surface area contributed by atoms with Crippen LogP contribution in [0.15, 0.2) is 30.3 Å². The van der Waals surface area contributed by atoms with Crippen molar-refractivity contribution >= 4 is 0 Å². The smallest absolute Gasteiger partial charge is 0.00639 e. The minimum absolute atomic E-state index is 0.713. The molecule has 0 aliphatic heterocycles. The van der Waals surface area contributed by atoms with Crippen LogP contribution in [0.2, 0.25) is 0 Å². The maximum Gasteiger partial charge on any atom is 0.00639 e. The molecule has 1 nitrogen and oxygen atoms in total. The standard InChI is InChI=1S/C19H33N/c1-4-5-6-7-11-17-20(3)18(2)13-12-16-19-14-9-8-10-15-19/h8-10,14-15,18H,4-7,11-13,16-17H2,1-3H3. The van der Waals surface area contributed by atoms with E-state index in [1.54, 1.807) is 0 Å². The first-order valence-corrected chi connectivity index (χ1v) is 8.48. The highest BCUT2D eigenvalue weighted by atomic mass is 15.1. The number of aryl methyl sites for hydroxylation is 1. The van der Waals surface area contributed by atoms with Crippen molar-refractivity contribution in [3.8, 4) is 0 Å². The van der Waals surface area contributed by atoms with Gasteiger partial charge in [0.1, 0.15) is 0 Å². The number of hydrogen-bond acceptors (Lipinski definition) is 1. The van der Waals surface area contributed by atoms with Gasteiger partial charge in [-0.2, -0.15) is 0 Å². The number of rotatable bonds is 11. The molecule has 1 aromatic carbocycles. The second-order valence-electron chi connectivity index (χ2n) is 6.12. The molecule has 114 valence electrons. The fraction of sp³-hybridized carbons (Fsp3) is 0.684. The molecule has 0 radical (unpaired) electrons. The highest BCUT2D eigenvalue weighted by Gasteiger charge is 2.08. The van der Waals surface area contributed by atoms with E-state index in [4.69, 9.17) is 0 Å². The predicted molar refractivity (Wildman–Crippen MR) is 90.2 cm³/mol. The van der Waals surface area contributed by atoms with Crippen LogP contribution in [0, 0.1) is 0 Å². The molecule has 1 heteroatoms. The van der Waals surface area contributed by atoms with Gasteiger partial charge in [0.05, 0.1) is 0 Å². The van der Waals surface area contributed by atoms with E-state index in [1.807, 2.05) is 0 Å². The van der Waals surface area contributed by atoms with Crippen molar-refractivity contribution in [2.45, 2.75) is 71.3 Å². The van der Waals surface area contributed by atoms with Crippen LogP contribution >= 0.6 is 0 Å². The van der Waals surface area contributed by atoms with E-state index in [0.29, 0.717) is 6.04 Å². The van der Waals surface area contributed by atoms with Crippen LogP contribution in [-0.2, 0) is 6.42 Å². The average molecular weight is 275 g/mol. The van der Waals surface area contributed by atoms with Crippen molar-refractivity contribution in [2.75, 3.05) is 13.6 Å². The summed E-state index contributed by atoms with van der Waals surface area (Å²) in [6, 6.07) is 11.6. The lowest BCUT2D eigenvalue weighted by Crippen LogP contribution is -2.30. The third-order valence-corrected chi connectivity index (χ3v) is 4.30. The number of benzene rings is 1. The lowest BCUT2D eigenvalue weighted by molar-refractivity contribution is 0.237. The van der Waals surface area contributed by atoms with Crippen LogP contribution in [0.25, 0.3) is 0 Å². The molecule has 0 aliphatic carbocycles. The molecule has 0 aliphatic rings. The van der Waals surface area contributed by atoms with Gasteiger partial charge in [-0.05, 0) is 51.8 Å². The van der Waals surface area contributed by atoms with E-state index < -0.39 is 0 Å². The van der Waals surface area contributed by atoms with E-state index in [-0.39, 0.29) is 0 Å². The van der Waals surface area contributed by atoms with Crippen molar-refractivity contribution in [3.63, 3.8) is 0 Å². The molecule has 0 saturated heterocycles. The van der Waals surface area contributed by atoms with Crippen molar-refractivity contribution in [2.24, 2.45) is 0 Å². The van der Waals surface area contributed by atoms with Gasteiger partial charge in [-0.15, -0.1) is 0 Å². The van der Waals surface area contributed by atoms with Crippen molar-refractivity contribution in [1.82, 2.24) is 4.90 Å². The molecule has 0 amide bonds. The van der Waals surface area contributed by atoms with E-state index in [9.17, 15) is 0 Å². The minimum atomic E-state index is 0.713. The molecule has 1 atom stereocenters. The first-order chi connectivity index (χ1) is 9.74. The third-order valence-electron chi connectivity index (χ3n) is 4.30.